The van der Waals surface area contributed by atoms with Gasteiger partial charge in [-0.25, -0.2) is 4.79 Å². The summed E-state index contributed by atoms with van der Waals surface area (Å²) in [6, 6.07) is 2.33. The number of nitrogens with zero attached hydrogens (tertiary/aromatic N) is 3. The van der Waals surface area contributed by atoms with Crippen molar-refractivity contribution in [3.63, 3.8) is 0 Å². The molecule has 3 heterocycles. The third-order valence-electron chi connectivity index (χ3n) is 4.03. The molecule has 0 radical (unpaired) electrons. The van der Waals surface area contributed by atoms with Crippen LogP contribution in [0.5, 0.6) is 0 Å². The van der Waals surface area contributed by atoms with Crippen LogP contribution in [-0.4, -0.2) is 39.2 Å². The van der Waals surface area contributed by atoms with Crippen molar-refractivity contribution in [2.24, 2.45) is 0 Å². The van der Waals surface area contributed by atoms with E-state index in [4.69, 9.17) is 4.74 Å². The largest absolute Gasteiger partial charge is 0.444 e. The number of pyridine rings is 1. The molecule has 124 valence electrons. The quantitative estimate of drug-likeness (QED) is 0.641. The molecule has 1 aliphatic heterocycles. The third-order valence-corrected chi connectivity index (χ3v) is 4.89. The van der Waals surface area contributed by atoms with Gasteiger partial charge in [0.15, 0.2) is 0 Å². The van der Waals surface area contributed by atoms with Crippen LogP contribution in [0.3, 0.4) is 0 Å². The minimum absolute atomic E-state index is 0.213. The molecule has 5 nitrogen and oxygen atoms in total. The highest BCUT2D eigenvalue weighted by atomic mass is 127. The second kappa shape index (κ2) is 6.30. The maximum Gasteiger partial charge on any atom is 0.410 e. The first-order valence-corrected chi connectivity index (χ1v) is 9.01. The molecule has 1 atom stereocenters. The van der Waals surface area contributed by atoms with Crippen molar-refractivity contribution < 1.29 is 9.53 Å². The molecule has 0 spiro atoms. The zero-order valence-electron chi connectivity index (χ0n) is 13.8. The fraction of sp³-hybridized carbons (Fsp3) is 0.529. The highest BCUT2D eigenvalue weighted by molar-refractivity contribution is 14.1. The molecule has 0 saturated carbocycles. The Kier molecular flexibility index (Phi) is 4.53. The van der Waals surface area contributed by atoms with Gasteiger partial charge < -0.3 is 14.2 Å². The van der Waals surface area contributed by atoms with Crippen molar-refractivity contribution in [1.82, 2.24) is 14.5 Å². The van der Waals surface area contributed by atoms with Crippen LogP contribution in [0.25, 0.3) is 10.9 Å². The number of halogens is 1. The molecule has 0 bridgehead atoms. The average molecular weight is 427 g/mol. The number of likely N-dealkylation sites (tertiary alicyclic amines) is 1. The van der Waals surface area contributed by atoms with Crippen molar-refractivity contribution >= 4 is 39.6 Å². The summed E-state index contributed by atoms with van der Waals surface area (Å²) in [4.78, 5) is 18.4. The third kappa shape index (κ3) is 3.62. The number of hydrogen-bond acceptors (Lipinski definition) is 3. The molecule has 0 N–H and O–H groups in total. The highest BCUT2D eigenvalue weighted by Gasteiger charge is 2.29. The molecule has 0 aliphatic carbocycles. The second-order valence-electron chi connectivity index (χ2n) is 7.00. The number of piperidine rings is 1. The van der Waals surface area contributed by atoms with Gasteiger partial charge in [0.2, 0.25) is 0 Å². The Morgan fingerprint density at radius 3 is 2.96 bits per heavy atom. The van der Waals surface area contributed by atoms with Crippen LogP contribution >= 0.6 is 22.6 Å². The Balaban J connectivity index is 1.82. The summed E-state index contributed by atoms with van der Waals surface area (Å²) < 4.78 is 9.00. The fourth-order valence-corrected chi connectivity index (χ4v) is 3.75. The first-order chi connectivity index (χ1) is 10.8. The summed E-state index contributed by atoms with van der Waals surface area (Å²) in [7, 11) is 0. The normalized spacial score (nSPS) is 19.1. The summed E-state index contributed by atoms with van der Waals surface area (Å²) in [6.07, 6.45) is 7.74. The monoisotopic (exact) mass is 427 g/mol. The zero-order chi connectivity index (χ0) is 16.6. The lowest BCUT2D eigenvalue weighted by Crippen LogP contribution is -2.43. The van der Waals surface area contributed by atoms with Gasteiger partial charge in [0.05, 0.1) is 11.6 Å². The molecule has 2 aromatic rings. The summed E-state index contributed by atoms with van der Waals surface area (Å²) in [5, 5.41) is 1.17. The number of amides is 1. The number of hydrogen-bond donors (Lipinski definition) is 0. The number of rotatable bonds is 1. The summed E-state index contributed by atoms with van der Waals surface area (Å²) in [5.74, 6) is 0. The van der Waals surface area contributed by atoms with Gasteiger partial charge in [-0.1, -0.05) is 0 Å². The maximum absolute atomic E-state index is 12.3. The number of fused-ring (bicyclic) bond motifs is 1. The van der Waals surface area contributed by atoms with E-state index in [0.717, 1.165) is 19.4 Å². The fourth-order valence-electron chi connectivity index (χ4n) is 3.03. The molecule has 1 saturated heterocycles. The highest BCUT2D eigenvalue weighted by Crippen LogP contribution is 2.30. The van der Waals surface area contributed by atoms with Gasteiger partial charge in [-0.15, -0.1) is 0 Å². The molecular weight excluding hydrogens is 405 g/mol. The molecule has 6 heteroatoms. The van der Waals surface area contributed by atoms with E-state index in [1.807, 2.05) is 44.1 Å². The lowest BCUT2D eigenvalue weighted by Gasteiger charge is -2.35. The minimum Gasteiger partial charge on any atom is -0.444 e. The summed E-state index contributed by atoms with van der Waals surface area (Å²) in [6.45, 7) is 7.17. The Hall–Kier alpha value is -1.31. The molecule has 1 unspecified atom stereocenters. The molecule has 1 fully saturated rings. The smallest absolute Gasteiger partial charge is 0.410 e. The molecular formula is C17H22IN3O2. The van der Waals surface area contributed by atoms with Crippen LogP contribution < -0.4 is 0 Å². The van der Waals surface area contributed by atoms with Crippen molar-refractivity contribution in [3.05, 3.63) is 28.2 Å². The standard InChI is InChI=1S/C17H22IN3O2/c1-17(2,3)23-16(22)20-8-4-5-12(10-20)21-11-14(18)13-9-19-7-6-15(13)21/h6-7,9,11-12H,4-5,8,10H2,1-3H3. The Labute approximate surface area is 150 Å². The van der Waals surface area contributed by atoms with Crippen molar-refractivity contribution in [3.8, 4) is 0 Å². The molecule has 2 aromatic heterocycles. The molecule has 3 rings (SSSR count). The van der Waals surface area contributed by atoms with Crippen LogP contribution in [0.1, 0.15) is 39.7 Å². The van der Waals surface area contributed by atoms with Gasteiger partial charge in [0, 0.05) is 40.6 Å². The lowest BCUT2D eigenvalue weighted by atomic mass is 10.1. The second-order valence-corrected chi connectivity index (χ2v) is 8.16. The molecule has 1 amide bonds. The van der Waals surface area contributed by atoms with Gasteiger partial charge in [-0.05, 0) is 62.3 Å². The predicted octanol–water partition coefficient (Wildman–Crippen LogP) is 4.21. The number of aromatic nitrogens is 2. The first-order valence-electron chi connectivity index (χ1n) is 7.93. The van der Waals surface area contributed by atoms with E-state index in [9.17, 15) is 4.79 Å². The van der Waals surface area contributed by atoms with Crippen LogP contribution in [0.15, 0.2) is 24.7 Å². The van der Waals surface area contributed by atoms with E-state index in [1.165, 1.54) is 14.5 Å². The van der Waals surface area contributed by atoms with E-state index in [0.29, 0.717) is 6.54 Å². The van der Waals surface area contributed by atoms with Gasteiger partial charge in [0.1, 0.15) is 5.60 Å². The number of ether oxygens (including phenoxy) is 1. The van der Waals surface area contributed by atoms with E-state index in [-0.39, 0.29) is 12.1 Å². The maximum atomic E-state index is 12.3. The van der Waals surface area contributed by atoms with Crippen LogP contribution in [0, 0.1) is 3.57 Å². The van der Waals surface area contributed by atoms with Gasteiger partial charge in [0.25, 0.3) is 0 Å². The minimum atomic E-state index is -0.453. The van der Waals surface area contributed by atoms with Crippen LogP contribution in [0.2, 0.25) is 0 Å². The topological polar surface area (TPSA) is 47.4 Å². The zero-order valence-corrected chi connectivity index (χ0v) is 15.9. The lowest BCUT2D eigenvalue weighted by molar-refractivity contribution is 0.0174. The van der Waals surface area contributed by atoms with Gasteiger partial charge >= 0.3 is 6.09 Å². The predicted molar refractivity (Wildman–Crippen MR) is 98.5 cm³/mol. The Morgan fingerprint density at radius 2 is 2.22 bits per heavy atom. The van der Waals surface area contributed by atoms with E-state index in [1.54, 1.807) is 0 Å². The average Bonchev–Trinajstić information content (AvgIpc) is 2.83. The summed E-state index contributed by atoms with van der Waals surface area (Å²) >= 11 is 2.35. The van der Waals surface area contributed by atoms with Gasteiger partial charge in [-0.2, -0.15) is 0 Å². The molecule has 23 heavy (non-hydrogen) atoms. The molecule has 1 aliphatic rings. The summed E-state index contributed by atoms with van der Waals surface area (Å²) in [5.41, 5.74) is 0.728. The van der Waals surface area contributed by atoms with Crippen molar-refractivity contribution in [2.75, 3.05) is 13.1 Å². The van der Waals surface area contributed by atoms with E-state index >= 15 is 0 Å². The van der Waals surface area contributed by atoms with E-state index in [2.05, 4.69) is 38.3 Å². The van der Waals surface area contributed by atoms with E-state index < -0.39 is 5.60 Å². The Morgan fingerprint density at radius 1 is 1.43 bits per heavy atom. The number of carbonyl (C=O) groups is 1. The Bertz CT molecular complexity index is 720. The van der Waals surface area contributed by atoms with Gasteiger partial charge in [-0.3, -0.25) is 4.98 Å². The van der Waals surface area contributed by atoms with Crippen LogP contribution in [-0.2, 0) is 4.74 Å². The number of carbonyl (C=O) groups excluding carboxylic acids is 1. The van der Waals surface area contributed by atoms with Crippen LogP contribution in [0.4, 0.5) is 4.79 Å². The molecule has 0 aromatic carbocycles. The van der Waals surface area contributed by atoms with Crippen molar-refractivity contribution in [1.29, 1.82) is 0 Å². The van der Waals surface area contributed by atoms with Crippen molar-refractivity contribution in [2.45, 2.75) is 45.3 Å². The first kappa shape index (κ1) is 16.5. The SMILES string of the molecule is CC(C)(C)OC(=O)N1CCCC(n2cc(I)c3cnccc32)C1.